The number of hydrogen-bond acceptors (Lipinski definition) is 4. The Kier molecular flexibility index (Phi) is 4.23. The van der Waals surface area contributed by atoms with Gasteiger partial charge in [-0.25, -0.2) is 4.79 Å². The minimum Gasteiger partial charge on any atom is -0.478 e. The molecule has 0 fully saturated rings. The Bertz CT molecular complexity index is 731. The van der Waals surface area contributed by atoms with Gasteiger partial charge in [-0.3, -0.25) is 10.1 Å². The minimum atomic E-state index is -1.23. The highest BCUT2D eigenvalue weighted by Crippen LogP contribution is 2.27. The summed E-state index contributed by atoms with van der Waals surface area (Å²) in [6.45, 7) is 1.91. The van der Waals surface area contributed by atoms with Gasteiger partial charge in [-0.2, -0.15) is 0 Å². The number of carboxylic acids is 1. The monoisotopic (exact) mass is 350 g/mol. The van der Waals surface area contributed by atoms with E-state index in [1.807, 2.05) is 19.1 Å². The molecule has 21 heavy (non-hydrogen) atoms. The predicted octanol–water partition coefficient (Wildman–Crippen LogP) is 4.11. The second kappa shape index (κ2) is 5.92. The zero-order chi connectivity index (χ0) is 15.6. The van der Waals surface area contributed by atoms with E-state index in [2.05, 4.69) is 21.2 Å². The highest BCUT2D eigenvalue weighted by molar-refractivity contribution is 9.10. The molecular weight excluding hydrogens is 340 g/mol. The van der Waals surface area contributed by atoms with Crippen LogP contribution in [0.15, 0.2) is 40.9 Å². The number of nitro groups is 1. The Labute approximate surface area is 128 Å². The van der Waals surface area contributed by atoms with Crippen molar-refractivity contribution in [3.05, 3.63) is 62.1 Å². The molecule has 6 nitrogen and oxygen atoms in total. The third kappa shape index (κ3) is 3.38. The number of nitrogens with zero attached hydrogens (tertiary/aromatic N) is 1. The molecule has 2 rings (SSSR count). The van der Waals surface area contributed by atoms with Crippen molar-refractivity contribution < 1.29 is 14.8 Å². The number of rotatable bonds is 4. The van der Waals surface area contributed by atoms with Crippen molar-refractivity contribution in [3.63, 3.8) is 0 Å². The zero-order valence-electron chi connectivity index (χ0n) is 11.0. The number of halogens is 1. The van der Waals surface area contributed by atoms with Crippen molar-refractivity contribution in [3.8, 4) is 0 Å². The van der Waals surface area contributed by atoms with Crippen LogP contribution in [-0.4, -0.2) is 16.0 Å². The molecule has 0 atom stereocenters. The van der Waals surface area contributed by atoms with Crippen LogP contribution in [0.25, 0.3) is 0 Å². The Morgan fingerprint density at radius 3 is 2.57 bits per heavy atom. The molecule has 0 radical (unpaired) electrons. The van der Waals surface area contributed by atoms with Crippen LogP contribution in [0.3, 0.4) is 0 Å². The molecule has 0 aliphatic rings. The van der Waals surface area contributed by atoms with Crippen molar-refractivity contribution in [2.75, 3.05) is 5.32 Å². The van der Waals surface area contributed by atoms with Crippen LogP contribution in [0.2, 0.25) is 0 Å². The largest absolute Gasteiger partial charge is 0.478 e. The van der Waals surface area contributed by atoms with Crippen LogP contribution in [0.1, 0.15) is 15.9 Å². The average molecular weight is 351 g/mol. The number of non-ortho nitro benzene ring substituents is 1. The topological polar surface area (TPSA) is 92.5 Å². The normalized spacial score (nSPS) is 10.2. The van der Waals surface area contributed by atoms with E-state index in [9.17, 15) is 20.0 Å². The van der Waals surface area contributed by atoms with Crippen LogP contribution in [0, 0.1) is 17.0 Å². The van der Waals surface area contributed by atoms with E-state index in [0.29, 0.717) is 11.4 Å². The molecule has 2 N–H and O–H groups in total. The Balaban J connectivity index is 2.41. The summed E-state index contributed by atoms with van der Waals surface area (Å²) in [5.41, 5.74) is 1.58. The lowest BCUT2D eigenvalue weighted by Crippen LogP contribution is -2.04. The maximum Gasteiger partial charge on any atom is 0.338 e. The molecule has 0 saturated heterocycles. The molecule has 108 valence electrons. The lowest BCUT2D eigenvalue weighted by Gasteiger charge is -2.10. The molecule has 0 unspecified atom stereocenters. The molecule has 0 aliphatic heterocycles. The second-order valence-corrected chi connectivity index (χ2v) is 5.24. The van der Waals surface area contributed by atoms with Crippen molar-refractivity contribution in [2.24, 2.45) is 0 Å². The number of anilines is 2. The number of nitrogens with one attached hydrogen (secondary N) is 1. The van der Waals surface area contributed by atoms with Gasteiger partial charge < -0.3 is 10.4 Å². The van der Waals surface area contributed by atoms with E-state index < -0.39 is 10.9 Å². The molecule has 2 aromatic rings. The molecule has 0 aliphatic carbocycles. The first kappa shape index (κ1) is 15.0. The van der Waals surface area contributed by atoms with Gasteiger partial charge in [0.25, 0.3) is 5.69 Å². The molecule has 0 bridgehead atoms. The molecule has 2 aromatic carbocycles. The fourth-order valence-electron chi connectivity index (χ4n) is 1.81. The van der Waals surface area contributed by atoms with E-state index in [0.717, 1.165) is 16.1 Å². The molecule has 0 amide bonds. The van der Waals surface area contributed by atoms with Crippen molar-refractivity contribution in [1.82, 2.24) is 0 Å². The van der Waals surface area contributed by atoms with Crippen LogP contribution in [0.4, 0.5) is 17.1 Å². The van der Waals surface area contributed by atoms with Crippen molar-refractivity contribution >= 4 is 39.0 Å². The van der Waals surface area contributed by atoms with Gasteiger partial charge in [0.1, 0.15) is 0 Å². The van der Waals surface area contributed by atoms with Crippen LogP contribution < -0.4 is 5.32 Å². The number of carbonyl (C=O) groups is 1. The quantitative estimate of drug-likeness (QED) is 0.639. The SMILES string of the molecule is Cc1cc(Nc2ccc([N+](=O)[O-])cc2C(=O)O)ccc1Br. The average Bonchev–Trinajstić information content (AvgIpc) is 2.43. The summed E-state index contributed by atoms with van der Waals surface area (Å²) in [6, 6.07) is 9.15. The summed E-state index contributed by atoms with van der Waals surface area (Å²) in [5.74, 6) is -1.23. The Morgan fingerprint density at radius 1 is 1.29 bits per heavy atom. The first-order chi connectivity index (χ1) is 9.88. The summed E-state index contributed by atoms with van der Waals surface area (Å²) < 4.78 is 0.940. The van der Waals surface area contributed by atoms with Crippen molar-refractivity contribution in [1.29, 1.82) is 0 Å². The maximum absolute atomic E-state index is 11.2. The molecule has 0 aromatic heterocycles. The van der Waals surface area contributed by atoms with E-state index in [1.165, 1.54) is 12.1 Å². The van der Waals surface area contributed by atoms with Gasteiger partial charge in [0.15, 0.2) is 0 Å². The number of carboxylic acid groups (broad SMARTS) is 1. The number of benzene rings is 2. The highest BCUT2D eigenvalue weighted by atomic mass is 79.9. The lowest BCUT2D eigenvalue weighted by atomic mass is 10.1. The number of nitro benzene ring substituents is 1. The summed E-state index contributed by atoms with van der Waals surface area (Å²) in [7, 11) is 0. The zero-order valence-corrected chi connectivity index (χ0v) is 12.5. The Morgan fingerprint density at radius 2 is 2.00 bits per heavy atom. The second-order valence-electron chi connectivity index (χ2n) is 4.38. The maximum atomic E-state index is 11.2. The Hall–Kier alpha value is -2.41. The number of aryl methyl sites for hydroxylation is 1. The van der Waals surface area contributed by atoms with Crippen LogP contribution in [0.5, 0.6) is 0 Å². The van der Waals surface area contributed by atoms with E-state index >= 15 is 0 Å². The summed E-state index contributed by atoms with van der Waals surface area (Å²) in [6.07, 6.45) is 0. The lowest BCUT2D eigenvalue weighted by molar-refractivity contribution is -0.384. The highest BCUT2D eigenvalue weighted by Gasteiger charge is 2.16. The molecule has 0 heterocycles. The van der Waals surface area contributed by atoms with E-state index in [1.54, 1.807) is 6.07 Å². The summed E-state index contributed by atoms with van der Waals surface area (Å²) >= 11 is 3.38. The van der Waals surface area contributed by atoms with Gasteiger partial charge in [-0.1, -0.05) is 15.9 Å². The van der Waals surface area contributed by atoms with E-state index in [-0.39, 0.29) is 11.3 Å². The summed E-state index contributed by atoms with van der Waals surface area (Å²) in [5, 5.41) is 22.9. The number of hydrogen-bond donors (Lipinski definition) is 2. The van der Waals surface area contributed by atoms with Gasteiger partial charge in [0, 0.05) is 22.3 Å². The van der Waals surface area contributed by atoms with Gasteiger partial charge in [0.05, 0.1) is 16.2 Å². The van der Waals surface area contributed by atoms with Crippen LogP contribution >= 0.6 is 15.9 Å². The fraction of sp³-hybridized carbons (Fsp3) is 0.0714. The third-order valence-electron chi connectivity index (χ3n) is 2.88. The summed E-state index contributed by atoms with van der Waals surface area (Å²) in [4.78, 5) is 21.3. The predicted molar refractivity (Wildman–Crippen MR) is 82.2 cm³/mol. The molecular formula is C14H11BrN2O4. The third-order valence-corrected chi connectivity index (χ3v) is 3.77. The smallest absolute Gasteiger partial charge is 0.338 e. The van der Waals surface area contributed by atoms with Gasteiger partial charge in [-0.15, -0.1) is 0 Å². The molecule has 0 saturated carbocycles. The molecule has 7 heteroatoms. The van der Waals surface area contributed by atoms with Crippen molar-refractivity contribution in [2.45, 2.75) is 6.92 Å². The van der Waals surface area contributed by atoms with E-state index in [4.69, 9.17) is 0 Å². The minimum absolute atomic E-state index is 0.148. The molecule has 0 spiro atoms. The van der Waals surface area contributed by atoms with Gasteiger partial charge in [-0.05, 0) is 36.8 Å². The standard InChI is InChI=1S/C14H11BrN2O4/c1-8-6-9(2-4-12(8)15)16-13-5-3-10(17(20)21)7-11(13)14(18)19/h2-7,16H,1H3,(H,18,19). The van der Waals surface area contributed by atoms with Crippen LogP contribution in [-0.2, 0) is 0 Å². The fourth-order valence-corrected chi connectivity index (χ4v) is 2.06. The van der Waals surface area contributed by atoms with Gasteiger partial charge >= 0.3 is 5.97 Å². The number of aromatic carboxylic acids is 1. The first-order valence-electron chi connectivity index (χ1n) is 5.93. The van der Waals surface area contributed by atoms with Gasteiger partial charge in [0.2, 0.25) is 0 Å². The first-order valence-corrected chi connectivity index (χ1v) is 6.72.